The van der Waals surface area contributed by atoms with Crippen LogP contribution >= 0.6 is 0 Å². The molecule has 3 heterocycles. The fourth-order valence-corrected chi connectivity index (χ4v) is 10.2. The topological polar surface area (TPSA) is 35.9 Å². The quantitative estimate of drug-likeness (QED) is 0.149. The Hall–Kier alpha value is -7.24. The molecule has 5 nitrogen and oxygen atoms in total. The van der Waals surface area contributed by atoms with Crippen molar-refractivity contribution in [2.24, 2.45) is 0 Å². The van der Waals surface area contributed by atoms with Crippen molar-refractivity contribution < 1.29 is 9.30 Å². The van der Waals surface area contributed by atoms with E-state index in [1.807, 2.05) is 6.20 Å². The molecule has 7 aromatic carbocycles. The van der Waals surface area contributed by atoms with Crippen LogP contribution in [0.25, 0.3) is 72.3 Å². The summed E-state index contributed by atoms with van der Waals surface area (Å²) in [5, 5.41) is 2.34. The molecule has 0 N–H and O–H groups in total. The minimum atomic E-state index is -0.0495. The lowest BCUT2D eigenvalue weighted by molar-refractivity contribution is -0.566. The molecular formula is C68H73N4O+. The Labute approximate surface area is 434 Å². The van der Waals surface area contributed by atoms with Crippen molar-refractivity contribution in [1.82, 2.24) is 14.1 Å². The zero-order valence-electron chi connectivity index (χ0n) is 45.9. The summed E-state index contributed by atoms with van der Waals surface area (Å²) < 4.78 is 13.9. The average Bonchev–Trinajstić information content (AvgIpc) is 3.88. The maximum absolute atomic E-state index is 6.87. The van der Waals surface area contributed by atoms with Gasteiger partial charge in [-0.25, -0.2) is 4.98 Å². The minimum Gasteiger partial charge on any atom is -0.457 e. The van der Waals surface area contributed by atoms with Gasteiger partial charge in [-0.2, -0.15) is 9.13 Å². The molecule has 0 saturated heterocycles. The Kier molecular flexibility index (Phi) is 12.0. The van der Waals surface area contributed by atoms with Crippen LogP contribution in [0.5, 0.6) is 11.5 Å². The Morgan fingerprint density at radius 3 is 1.49 bits per heavy atom. The minimum absolute atomic E-state index is 0.0197. The molecule has 0 aliphatic heterocycles. The summed E-state index contributed by atoms with van der Waals surface area (Å²) >= 11 is 0. The van der Waals surface area contributed by atoms with E-state index in [0.29, 0.717) is 0 Å². The van der Waals surface area contributed by atoms with Gasteiger partial charge in [-0.3, -0.25) is 4.57 Å². The lowest BCUT2D eigenvalue weighted by Crippen LogP contribution is -2.31. The largest absolute Gasteiger partial charge is 0.457 e. The van der Waals surface area contributed by atoms with E-state index in [2.05, 4.69) is 282 Å². The number of nitrogens with zero attached hydrogens (tertiary/aromatic N) is 4. The van der Waals surface area contributed by atoms with Crippen molar-refractivity contribution in [2.45, 2.75) is 131 Å². The second kappa shape index (κ2) is 17.8. The summed E-state index contributed by atoms with van der Waals surface area (Å²) in [5.41, 5.74) is 17.6. The predicted molar refractivity (Wildman–Crippen MR) is 308 cm³/mol. The normalized spacial score (nSPS) is 12.9. The van der Waals surface area contributed by atoms with Gasteiger partial charge >= 0.3 is 0 Å². The zero-order chi connectivity index (χ0) is 52.0. The second-order valence-electron chi connectivity index (χ2n) is 25.4. The first kappa shape index (κ1) is 49.3. The molecule has 0 atom stereocenters. The molecule has 0 amide bonds. The van der Waals surface area contributed by atoms with Crippen LogP contribution in [0, 0.1) is 0 Å². The summed E-state index contributed by atoms with van der Waals surface area (Å²) in [6.07, 6.45) is 4.21. The van der Waals surface area contributed by atoms with Crippen molar-refractivity contribution in [2.75, 3.05) is 0 Å². The first-order chi connectivity index (χ1) is 34.3. The van der Waals surface area contributed by atoms with Crippen LogP contribution in [0.4, 0.5) is 0 Å². The highest BCUT2D eigenvalue weighted by molar-refractivity contribution is 6.09. The molecule has 0 aliphatic rings. The number of hydrogen-bond donors (Lipinski definition) is 0. The molecule has 370 valence electrons. The first-order valence-electron chi connectivity index (χ1n) is 26.1. The molecule has 0 unspecified atom stereocenters. The number of ether oxygens (including phenoxy) is 1. The third kappa shape index (κ3) is 9.51. The van der Waals surface area contributed by atoms with E-state index in [0.717, 1.165) is 56.1 Å². The van der Waals surface area contributed by atoms with Gasteiger partial charge in [0, 0.05) is 40.2 Å². The third-order valence-electron chi connectivity index (χ3n) is 14.7. The molecule has 10 rings (SSSR count). The molecular weight excluding hydrogens is 889 g/mol. The standard InChI is InChI=1S/C68H73N4O/c1-64(2,3)46-32-33-69-62(40-46)72-58-27-17-16-24-56(58)57-31-30-53(42-61(57)72)73-52-23-20-22-51(41-52)70-43-71(60-29-19-18-28-59(60)70)63-54(44-34-47(65(4,5)6)38-48(35-44)66(7,8)9)25-21-26-55(63)45-36-49(67(10,11)12)39-50(37-45)68(13,14)15/h16-43H,1-15H3/q+1. The lowest BCUT2D eigenvalue weighted by atomic mass is 9.77. The number of imidazole rings is 1. The van der Waals surface area contributed by atoms with E-state index in [1.165, 1.54) is 55.5 Å². The predicted octanol–water partition coefficient (Wildman–Crippen LogP) is 18.0. The van der Waals surface area contributed by atoms with Gasteiger partial charge in [0.25, 0.3) is 6.33 Å². The SMILES string of the molecule is CC(C)(C)c1cc(-c2cccc(-c3cc(C(C)(C)C)cc(C(C)(C)C)c3)c2-[n+]2cn(-c3cccc(Oc4ccc5c6ccccc6n(-c6cc(C(C)(C)C)ccn6)c5c4)c3)c3ccccc32)cc(C(C)(C)C)c1. The molecule has 5 heteroatoms. The van der Waals surface area contributed by atoms with Crippen LogP contribution in [-0.4, -0.2) is 14.1 Å². The molecule has 10 aromatic rings. The molecule has 0 radical (unpaired) electrons. The monoisotopic (exact) mass is 962 g/mol. The Balaban J connectivity index is 1.15. The number of rotatable bonds is 7. The van der Waals surface area contributed by atoms with E-state index in [4.69, 9.17) is 9.72 Å². The van der Waals surface area contributed by atoms with E-state index in [1.54, 1.807) is 0 Å². The van der Waals surface area contributed by atoms with Gasteiger partial charge in [0.05, 0.1) is 11.0 Å². The summed E-state index contributed by atoms with van der Waals surface area (Å²) in [6.45, 7) is 34.6. The van der Waals surface area contributed by atoms with Gasteiger partial charge in [-0.15, -0.1) is 0 Å². The maximum atomic E-state index is 6.87. The highest BCUT2D eigenvalue weighted by Gasteiger charge is 2.30. The van der Waals surface area contributed by atoms with Gasteiger partial charge in [0.1, 0.15) is 28.7 Å². The van der Waals surface area contributed by atoms with Gasteiger partial charge in [-0.1, -0.05) is 195 Å². The summed E-state index contributed by atoms with van der Waals surface area (Å²) in [7, 11) is 0. The Morgan fingerprint density at radius 2 is 0.918 bits per heavy atom. The van der Waals surface area contributed by atoms with E-state index >= 15 is 0 Å². The first-order valence-corrected chi connectivity index (χ1v) is 26.1. The highest BCUT2D eigenvalue weighted by atomic mass is 16.5. The number of hydrogen-bond acceptors (Lipinski definition) is 2. The van der Waals surface area contributed by atoms with Crippen molar-refractivity contribution in [3.05, 3.63) is 198 Å². The number of benzene rings is 7. The molecule has 0 aliphatic carbocycles. The van der Waals surface area contributed by atoms with E-state index in [-0.39, 0.29) is 27.1 Å². The molecule has 0 fully saturated rings. The van der Waals surface area contributed by atoms with Crippen molar-refractivity contribution in [1.29, 1.82) is 0 Å². The van der Waals surface area contributed by atoms with Gasteiger partial charge in [-0.05, 0) is 121 Å². The van der Waals surface area contributed by atoms with Crippen molar-refractivity contribution >= 4 is 32.8 Å². The van der Waals surface area contributed by atoms with Crippen LogP contribution < -0.4 is 9.30 Å². The van der Waals surface area contributed by atoms with Gasteiger partial charge < -0.3 is 4.74 Å². The lowest BCUT2D eigenvalue weighted by Gasteiger charge is -2.27. The van der Waals surface area contributed by atoms with Crippen molar-refractivity contribution in [3.63, 3.8) is 0 Å². The number of aromatic nitrogens is 4. The Morgan fingerprint density at radius 1 is 0.411 bits per heavy atom. The Bertz CT molecular complexity index is 3570. The third-order valence-corrected chi connectivity index (χ3v) is 14.7. The summed E-state index contributed by atoms with van der Waals surface area (Å²) in [6, 6.07) is 58.1. The smallest absolute Gasteiger partial charge is 0.255 e. The second-order valence-corrected chi connectivity index (χ2v) is 25.4. The van der Waals surface area contributed by atoms with Crippen LogP contribution in [0.15, 0.2) is 170 Å². The molecule has 0 spiro atoms. The molecule has 73 heavy (non-hydrogen) atoms. The van der Waals surface area contributed by atoms with E-state index in [9.17, 15) is 0 Å². The maximum Gasteiger partial charge on any atom is 0.255 e. The van der Waals surface area contributed by atoms with Crippen LogP contribution in [0.3, 0.4) is 0 Å². The van der Waals surface area contributed by atoms with Crippen LogP contribution in [0.1, 0.15) is 132 Å². The van der Waals surface area contributed by atoms with Crippen LogP contribution in [-0.2, 0) is 27.1 Å². The van der Waals surface area contributed by atoms with E-state index < -0.39 is 0 Å². The average molecular weight is 962 g/mol. The molecule has 3 aromatic heterocycles. The van der Waals surface area contributed by atoms with Crippen LogP contribution in [0.2, 0.25) is 0 Å². The number of pyridine rings is 1. The molecule has 0 saturated carbocycles. The number of para-hydroxylation sites is 4. The fourth-order valence-electron chi connectivity index (χ4n) is 10.2. The highest BCUT2D eigenvalue weighted by Crippen LogP contribution is 2.42. The summed E-state index contributed by atoms with van der Waals surface area (Å²) in [4.78, 5) is 4.92. The zero-order valence-corrected chi connectivity index (χ0v) is 45.9. The van der Waals surface area contributed by atoms with Gasteiger partial charge in [0.15, 0.2) is 11.0 Å². The van der Waals surface area contributed by atoms with Gasteiger partial charge in [0.2, 0.25) is 0 Å². The molecule has 0 bridgehead atoms. The number of fused-ring (bicyclic) bond motifs is 4. The van der Waals surface area contributed by atoms with Crippen molar-refractivity contribution in [3.8, 4) is 50.9 Å². The fraction of sp³-hybridized carbons (Fsp3) is 0.294. The summed E-state index contributed by atoms with van der Waals surface area (Å²) in [5.74, 6) is 2.40.